The van der Waals surface area contributed by atoms with Crippen LogP contribution in [0.1, 0.15) is 34.1 Å². The van der Waals surface area contributed by atoms with Gasteiger partial charge in [-0.3, -0.25) is 38.6 Å². The van der Waals surface area contributed by atoms with E-state index >= 15 is 0 Å². The first-order valence-corrected chi connectivity index (χ1v) is 12.2. The molecule has 0 aliphatic carbocycles. The van der Waals surface area contributed by atoms with Crippen molar-refractivity contribution < 1.29 is 38.7 Å². The Morgan fingerprint density at radius 2 is 1.41 bits per heavy atom. The number of aliphatic carboxylic acids is 1. The van der Waals surface area contributed by atoms with Crippen LogP contribution in [0.15, 0.2) is 4.99 Å². The van der Waals surface area contributed by atoms with E-state index in [9.17, 15) is 33.6 Å². The molecule has 0 bridgehead atoms. The molecule has 16 heteroatoms. The molecular weight excluding hydrogens is 516 g/mol. The first-order valence-electron chi connectivity index (χ1n) is 12.2. The van der Waals surface area contributed by atoms with Crippen molar-refractivity contribution in [1.29, 1.82) is 0 Å². The van der Waals surface area contributed by atoms with Crippen LogP contribution in [0.25, 0.3) is 0 Å². The van der Waals surface area contributed by atoms with Crippen LogP contribution in [-0.4, -0.2) is 131 Å². The largest absolute Gasteiger partial charge is 0.480 e. The van der Waals surface area contributed by atoms with E-state index < -0.39 is 92.8 Å². The summed E-state index contributed by atoms with van der Waals surface area (Å²) in [6, 6.07) is 0. The number of hydrogen-bond donors (Lipinski definition) is 5. The van der Waals surface area contributed by atoms with Crippen molar-refractivity contribution in [2.24, 2.45) is 10.7 Å². The molecule has 1 fully saturated rings. The molecule has 0 radical (unpaired) electrons. The molecule has 1 aliphatic heterocycles. The summed E-state index contributed by atoms with van der Waals surface area (Å²) < 4.78 is 0. The standard InChI is InChI=1S/C23H38N8O8/c1-15(24)25-6-5-7-29-10-16(32)26-9-20(36)31(14-22(38)39)11-17(33)27-8-19(35)30(13-21(29)37)12-18(34)28-23(2,3)4/h5-14H2,1-4H3,(H2,24,25)(H,26,32)(H,27,33)(H,28,34)(H,38,39). The van der Waals surface area contributed by atoms with E-state index in [2.05, 4.69) is 20.9 Å². The van der Waals surface area contributed by atoms with Gasteiger partial charge in [-0.15, -0.1) is 0 Å². The first-order chi connectivity index (χ1) is 18.1. The minimum absolute atomic E-state index is 0.0507. The second-order valence-corrected chi connectivity index (χ2v) is 9.94. The van der Waals surface area contributed by atoms with E-state index in [-0.39, 0.29) is 13.1 Å². The average Bonchev–Trinajstić information content (AvgIpc) is 2.79. The Balaban J connectivity index is 3.25. The highest BCUT2D eigenvalue weighted by molar-refractivity contribution is 5.95. The maximum Gasteiger partial charge on any atom is 0.323 e. The maximum absolute atomic E-state index is 13.2. The Morgan fingerprint density at radius 3 is 1.90 bits per heavy atom. The van der Waals surface area contributed by atoms with E-state index in [0.717, 1.165) is 9.80 Å². The van der Waals surface area contributed by atoms with Crippen molar-refractivity contribution in [1.82, 2.24) is 30.7 Å². The van der Waals surface area contributed by atoms with Crippen molar-refractivity contribution in [3.63, 3.8) is 0 Å². The summed E-state index contributed by atoms with van der Waals surface area (Å²) in [7, 11) is 0. The number of aliphatic imine (C=N–C) groups is 1. The molecule has 0 aromatic heterocycles. The summed E-state index contributed by atoms with van der Waals surface area (Å²) in [4.78, 5) is 94.1. The molecule has 0 atom stereocenters. The fourth-order valence-corrected chi connectivity index (χ4v) is 3.36. The van der Waals surface area contributed by atoms with Gasteiger partial charge in [-0.25, -0.2) is 0 Å². The first kappa shape index (κ1) is 32.8. The van der Waals surface area contributed by atoms with E-state index in [1.54, 1.807) is 27.7 Å². The zero-order valence-electron chi connectivity index (χ0n) is 22.7. The molecule has 1 rings (SSSR count). The Hall–Kier alpha value is -4.24. The lowest BCUT2D eigenvalue weighted by molar-refractivity contribution is -0.146. The quantitative estimate of drug-likeness (QED) is 0.114. The Morgan fingerprint density at radius 1 is 0.897 bits per heavy atom. The van der Waals surface area contributed by atoms with Crippen LogP contribution in [0.4, 0.5) is 0 Å². The van der Waals surface area contributed by atoms with Gasteiger partial charge in [-0.1, -0.05) is 0 Å². The monoisotopic (exact) mass is 554 g/mol. The summed E-state index contributed by atoms with van der Waals surface area (Å²) >= 11 is 0. The number of nitrogens with one attached hydrogen (secondary N) is 3. The van der Waals surface area contributed by atoms with Crippen molar-refractivity contribution in [3.8, 4) is 0 Å². The van der Waals surface area contributed by atoms with Crippen LogP contribution in [-0.2, 0) is 33.6 Å². The topological polar surface area (TPSA) is 224 Å². The highest BCUT2D eigenvalue weighted by atomic mass is 16.4. The lowest BCUT2D eigenvalue weighted by Gasteiger charge is -2.28. The molecule has 16 nitrogen and oxygen atoms in total. The highest BCUT2D eigenvalue weighted by Crippen LogP contribution is 2.03. The maximum atomic E-state index is 13.2. The second-order valence-electron chi connectivity index (χ2n) is 9.94. The molecule has 218 valence electrons. The van der Waals surface area contributed by atoms with Crippen molar-refractivity contribution >= 4 is 47.2 Å². The lowest BCUT2D eigenvalue weighted by Crippen LogP contribution is -2.53. The fraction of sp³-hybridized carbons (Fsp3) is 0.652. The van der Waals surface area contributed by atoms with Crippen molar-refractivity contribution in [2.45, 2.75) is 39.7 Å². The van der Waals surface area contributed by atoms with Gasteiger partial charge < -0.3 is 41.5 Å². The van der Waals surface area contributed by atoms with Gasteiger partial charge in [0.25, 0.3) is 0 Å². The molecule has 0 aromatic carbocycles. The Labute approximate surface area is 226 Å². The fourth-order valence-electron chi connectivity index (χ4n) is 3.36. The lowest BCUT2D eigenvalue weighted by atomic mass is 10.1. The predicted octanol–water partition coefficient (Wildman–Crippen LogP) is -3.52. The number of amidine groups is 1. The molecule has 0 unspecified atom stereocenters. The normalized spacial score (nSPS) is 17.3. The number of nitrogens with two attached hydrogens (primary N) is 1. The summed E-state index contributed by atoms with van der Waals surface area (Å²) in [5.74, 6) is -5.47. The van der Waals surface area contributed by atoms with E-state index in [1.807, 2.05) is 0 Å². The van der Waals surface area contributed by atoms with Crippen LogP contribution in [0.5, 0.6) is 0 Å². The van der Waals surface area contributed by atoms with Gasteiger partial charge in [-0.2, -0.15) is 0 Å². The third-order valence-electron chi connectivity index (χ3n) is 5.05. The minimum atomic E-state index is -1.39. The number of rotatable bonds is 8. The van der Waals surface area contributed by atoms with Gasteiger partial charge in [0.05, 0.1) is 25.5 Å². The van der Waals surface area contributed by atoms with E-state index in [0.29, 0.717) is 17.2 Å². The van der Waals surface area contributed by atoms with Gasteiger partial charge in [0.15, 0.2) is 0 Å². The number of carbonyl (C=O) groups is 7. The zero-order chi connectivity index (χ0) is 29.8. The molecule has 0 spiro atoms. The second kappa shape index (κ2) is 15.2. The van der Waals surface area contributed by atoms with Crippen molar-refractivity contribution in [2.75, 3.05) is 58.9 Å². The zero-order valence-corrected chi connectivity index (χ0v) is 22.7. The Kier molecular flexibility index (Phi) is 12.8. The third kappa shape index (κ3) is 13.8. The number of carbonyl (C=O) groups excluding carboxylic acids is 6. The number of carboxylic acids is 1. The predicted molar refractivity (Wildman–Crippen MR) is 138 cm³/mol. The van der Waals surface area contributed by atoms with Crippen LogP contribution in [0, 0.1) is 0 Å². The molecule has 6 N–H and O–H groups in total. The molecular formula is C23H38N8O8. The van der Waals surface area contributed by atoms with E-state index in [4.69, 9.17) is 10.8 Å². The van der Waals surface area contributed by atoms with Crippen molar-refractivity contribution in [3.05, 3.63) is 0 Å². The van der Waals surface area contributed by atoms with Gasteiger partial charge in [0.2, 0.25) is 35.4 Å². The van der Waals surface area contributed by atoms with E-state index in [1.165, 1.54) is 0 Å². The smallest absolute Gasteiger partial charge is 0.323 e. The Bertz CT molecular complexity index is 987. The molecule has 0 saturated carbocycles. The van der Waals surface area contributed by atoms with Gasteiger partial charge in [0.1, 0.15) is 26.2 Å². The molecule has 39 heavy (non-hydrogen) atoms. The molecule has 0 aromatic rings. The molecule has 1 heterocycles. The van der Waals surface area contributed by atoms with Crippen LogP contribution in [0.3, 0.4) is 0 Å². The SMILES string of the molecule is CC(N)=NCCCN1CC(=O)NCC(=O)N(CC(=O)O)CC(=O)NCC(=O)N(CC(=O)NC(C)(C)C)CC1=O. The van der Waals surface area contributed by atoms with Crippen LogP contribution >= 0.6 is 0 Å². The minimum Gasteiger partial charge on any atom is -0.480 e. The van der Waals surface area contributed by atoms with Gasteiger partial charge in [-0.05, 0) is 34.1 Å². The molecule has 1 aliphatic rings. The number of hydrogen-bond acceptors (Lipinski definition) is 8. The summed E-state index contributed by atoms with van der Waals surface area (Å²) in [5.41, 5.74) is 4.91. The summed E-state index contributed by atoms with van der Waals surface area (Å²) in [6.07, 6.45) is 0.327. The van der Waals surface area contributed by atoms with Gasteiger partial charge >= 0.3 is 5.97 Å². The van der Waals surface area contributed by atoms with Gasteiger partial charge in [0, 0.05) is 18.6 Å². The number of carboxylic acid groups (broad SMARTS) is 1. The highest BCUT2D eigenvalue weighted by Gasteiger charge is 2.28. The molecule has 6 amide bonds. The average molecular weight is 555 g/mol. The summed E-state index contributed by atoms with van der Waals surface area (Å²) in [6.45, 7) is 2.82. The van der Waals surface area contributed by atoms with Crippen LogP contribution < -0.4 is 21.7 Å². The number of amides is 6. The third-order valence-corrected chi connectivity index (χ3v) is 5.05. The number of nitrogens with zero attached hydrogens (tertiary/aromatic N) is 4. The van der Waals surface area contributed by atoms with Crippen LogP contribution in [0.2, 0.25) is 0 Å². The molecule has 1 saturated heterocycles. The summed E-state index contributed by atoms with van der Waals surface area (Å²) in [5, 5.41) is 16.4.